The molecular formula is C49H66N12O9. The Bertz CT molecular complexity index is 2470. The van der Waals surface area contributed by atoms with Crippen LogP contribution < -0.4 is 75.4 Å². The second kappa shape index (κ2) is 27.9. The standard InChI is InChI=1S/C49H66N12O9/c1-55-30-12-10-11-29(25-30)44(63)59-38(13-4-7-22-50)47(66)56-31-16-19-37(53)34(26-31)45(64)60-39(14-5-8-23-51)48(67)58-33-18-21-42(70-3)36(28-33)46(65)61-40(15-6-9-24-52)49(68)57-32-17-20-41(69-2)35(27-32)43(54)62/h10-12,16-21,25-28,38-40,55H,4-9,13-15,22-24,50-53H2,1-3H3,(H2,54,62)(H,56,66)(H,57,68)(H,58,67)(H,59,63)(H,60,64)(H,61,65). The van der Waals surface area contributed by atoms with Gasteiger partial charge in [0.15, 0.2) is 0 Å². The van der Waals surface area contributed by atoms with Gasteiger partial charge >= 0.3 is 0 Å². The number of benzene rings is 4. The largest absolute Gasteiger partial charge is 0.496 e. The van der Waals surface area contributed by atoms with Crippen molar-refractivity contribution in [2.75, 3.05) is 67.9 Å². The molecule has 4 aromatic rings. The highest BCUT2D eigenvalue weighted by molar-refractivity contribution is 6.07. The molecule has 21 nitrogen and oxygen atoms in total. The van der Waals surface area contributed by atoms with Gasteiger partial charge in [-0.3, -0.25) is 33.6 Å². The van der Waals surface area contributed by atoms with Gasteiger partial charge in [-0.25, -0.2) is 0 Å². The van der Waals surface area contributed by atoms with Gasteiger partial charge in [-0.05, 0) is 150 Å². The fourth-order valence-electron chi connectivity index (χ4n) is 7.27. The normalized spacial score (nSPS) is 12.0. The predicted octanol–water partition coefficient (Wildman–Crippen LogP) is 3.02. The van der Waals surface area contributed by atoms with Gasteiger partial charge in [-0.15, -0.1) is 0 Å². The molecule has 0 saturated carbocycles. The van der Waals surface area contributed by atoms with Gasteiger partial charge in [0.05, 0.1) is 30.9 Å². The molecule has 4 aromatic carbocycles. The number of carbonyl (C=O) groups excluding carboxylic acids is 7. The van der Waals surface area contributed by atoms with Crippen molar-refractivity contribution >= 4 is 69.8 Å². The fourth-order valence-corrected chi connectivity index (χ4v) is 7.27. The minimum Gasteiger partial charge on any atom is -0.496 e. The Balaban J connectivity index is 1.52. The number of amides is 7. The van der Waals surface area contributed by atoms with Crippen LogP contribution >= 0.6 is 0 Å². The molecule has 17 N–H and O–H groups in total. The summed E-state index contributed by atoms with van der Waals surface area (Å²) in [7, 11) is 4.46. The zero-order valence-corrected chi connectivity index (χ0v) is 39.8. The molecule has 0 fully saturated rings. The van der Waals surface area contributed by atoms with Gasteiger partial charge in [0, 0.05) is 41.0 Å². The molecule has 0 aliphatic heterocycles. The van der Waals surface area contributed by atoms with E-state index in [9.17, 15) is 33.6 Å². The fraction of sp³-hybridized carbons (Fsp3) is 0.367. The first-order chi connectivity index (χ1) is 33.7. The molecule has 70 heavy (non-hydrogen) atoms. The van der Waals surface area contributed by atoms with E-state index in [4.69, 9.17) is 38.1 Å². The first-order valence-corrected chi connectivity index (χ1v) is 22.9. The molecule has 3 atom stereocenters. The van der Waals surface area contributed by atoms with E-state index in [2.05, 4.69) is 37.2 Å². The molecule has 4 rings (SSSR count). The monoisotopic (exact) mass is 967 g/mol. The third-order valence-electron chi connectivity index (χ3n) is 11.1. The molecule has 0 bridgehead atoms. The van der Waals surface area contributed by atoms with Gasteiger partial charge in [0.1, 0.15) is 29.6 Å². The summed E-state index contributed by atoms with van der Waals surface area (Å²) in [5.74, 6) is -4.03. The summed E-state index contributed by atoms with van der Waals surface area (Å²) in [6.45, 7) is 1.10. The number of rotatable bonds is 28. The maximum Gasteiger partial charge on any atom is 0.255 e. The van der Waals surface area contributed by atoms with Crippen LogP contribution in [0.15, 0.2) is 78.9 Å². The molecule has 0 spiro atoms. The van der Waals surface area contributed by atoms with Gasteiger partial charge in [-0.1, -0.05) is 6.07 Å². The number of nitrogen functional groups attached to an aromatic ring is 1. The Morgan fingerprint density at radius 3 is 1.36 bits per heavy atom. The lowest BCUT2D eigenvalue weighted by molar-refractivity contribution is -0.118. The summed E-state index contributed by atoms with van der Waals surface area (Å²) in [6.07, 6.45) is 3.92. The number of primary amides is 1. The Hall–Kier alpha value is -7.75. The molecular weight excluding hydrogens is 901 g/mol. The zero-order valence-electron chi connectivity index (χ0n) is 39.8. The minimum absolute atomic E-state index is 0.0167. The van der Waals surface area contributed by atoms with Crippen LogP contribution in [0.1, 0.15) is 99.2 Å². The highest BCUT2D eigenvalue weighted by Crippen LogP contribution is 2.26. The van der Waals surface area contributed by atoms with Crippen molar-refractivity contribution in [2.45, 2.75) is 75.9 Å². The summed E-state index contributed by atoms with van der Waals surface area (Å²) >= 11 is 0. The highest BCUT2D eigenvalue weighted by atomic mass is 16.5. The van der Waals surface area contributed by atoms with Crippen molar-refractivity contribution in [1.29, 1.82) is 0 Å². The number of hydrogen-bond acceptors (Lipinski definition) is 14. The SMILES string of the molecule is CNc1cccc(C(=O)NC(CCCCN)C(=O)Nc2ccc(N)c(C(=O)NC(CCCCN)C(=O)Nc3ccc(OC)c(C(=O)NC(CCCCN)C(=O)Nc4ccc(OC)c(C(N)=O)c4)c3)c2)c1. The molecule has 0 aliphatic carbocycles. The molecule has 0 radical (unpaired) electrons. The van der Waals surface area contributed by atoms with Crippen molar-refractivity contribution in [2.24, 2.45) is 22.9 Å². The van der Waals surface area contributed by atoms with Crippen LogP contribution in [0.3, 0.4) is 0 Å². The summed E-state index contributed by atoms with van der Waals surface area (Å²) < 4.78 is 10.7. The number of hydrogen-bond donors (Lipinski definition) is 12. The van der Waals surface area contributed by atoms with E-state index in [-0.39, 0.29) is 63.8 Å². The highest BCUT2D eigenvalue weighted by Gasteiger charge is 2.27. The first-order valence-electron chi connectivity index (χ1n) is 22.9. The van der Waals surface area contributed by atoms with Crippen molar-refractivity contribution in [1.82, 2.24) is 16.0 Å². The van der Waals surface area contributed by atoms with Crippen LogP contribution in [-0.4, -0.2) is 100 Å². The number of nitrogens with two attached hydrogens (primary N) is 5. The maximum absolute atomic E-state index is 14.0. The number of unbranched alkanes of at least 4 members (excludes halogenated alkanes) is 3. The van der Waals surface area contributed by atoms with Gasteiger partial charge in [0.25, 0.3) is 23.6 Å². The predicted molar refractivity (Wildman–Crippen MR) is 270 cm³/mol. The van der Waals surface area contributed by atoms with E-state index in [0.717, 1.165) is 5.69 Å². The number of ether oxygens (including phenoxy) is 2. The topological polar surface area (TPSA) is 352 Å². The zero-order chi connectivity index (χ0) is 51.2. The first kappa shape index (κ1) is 54.9. The third-order valence-corrected chi connectivity index (χ3v) is 11.1. The van der Waals surface area contributed by atoms with E-state index >= 15 is 0 Å². The lowest BCUT2D eigenvalue weighted by Crippen LogP contribution is -2.44. The van der Waals surface area contributed by atoms with Crippen molar-refractivity contribution < 1.29 is 43.0 Å². The Kier molecular flexibility index (Phi) is 21.9. The average Bonchev–Trinajstić information content (AvgIpc) is 3.35. The molecule has 0 heterocycles. The number of nitrogens with one attached hydrogen (secondary N) is 7. The van der Waals surface area contributed by atoms with Gasteiger partial charge in [-0.2, -0.15) is 0 Å². The molecule has 21 heteroatoms. The van der Waals surface area contributed by atoms with E-state index in [1.54, 1.807) is 31.3 Å². The smallest absolute Gasteiger partial charge is 0.255 e. The van der Waals surface area contributed by atoms with E-state index in [1.165, 1.54) is 68.8 Å². The maximum atomic E-state index is 14.0. The molecule has 3 unspecified atom stereocenters. The molecule has 0 saturated heterocycles. The molecule has 7 amide bonds. The van der Waals surface area contributed by atoms with Crippen LogP contribution in [0.2, 0.25) is 0 Å². The summed E-state index contributed by atoms with van der Waals surface area (Å²) in [6, 6.07) is 16.7. The minimum atomic E-state index is -1.12. The average molecular weight is 967 g/mol. The molecule has 0 aliphatic rings. The van der Waals surface area contributed by atoms with Gasteiger partial charge < -0.3 is 75.4 Å². The number of anilines is 5. The number of methoxy groups -OCH3 is 2. The second-order valence-corrected chi connectivity index (χ2v) is 16.2. The van der Waals surface area contributed by atoms with E-state index in [0.29, 0.717) is 70.1 Å². The Labute approximate surface area is 407 Å². The Morgan fingerprint density at radius 1 is 0.500 bits per heavy atom. The van der Waals surface area contributed by atoms with Crippen molar-refractivity contribution in [3.8, 4) is 11.5 Å². The van der Waals surface area contributed by atoms with Crippen molar-refractivity contribution in [3.63, 3.8) is 0 Å². The summed E-state index contributed by atoms with van der Waals surface area (Å²) in [4.78, 5) is 94.4. The lowest BCUT2D eigenvalue weighted by Gasteiger charge is -2.21. The lowest BCUT2D eigenvalue weighted by atomic mass is 10.1. The number of carbonyl (C=O) groups is 7. The van der Waals surface area contributed by atoms with E-state index < -0.39 is 59.5 Å². The molecule has 376 valence electrons. The van der Waals surface area contributed by atoms with Crippen molar-refractivity contribution in [3.05, 3.63) is 101 Å². The van der Waals surface area contributed by atoms with Crippen LogP contribution in [0.5, 0.6) is 11.5 Å². The van der Waals surface area contributed by atoms with Gasteiger partial charge in [0.2, 0.25) is 17.7 Å². The summed E-state index contributed by atoms with van der Waals surface area (Å²) in [5, 5.41) is 19.6. The van der Waals surface area contributed by atoms with Crippen LogP contribution in [-0.2, 0) is 14.4 Å². The Morgan fingerprint density at radius 2 is 0.914 bits per heavy atom. The quantitative estimate of drug-likeness (QED) is 0.0288. The van der Waals surface area contributed by atoms with E-state index in [1.807, 2.05) is 0 Å². The van der Waals surface area contributed by atoms with Crippen LogP contribution in [0.4, 0.5) is 28.4 Å². The second-order valence-electron chi connectivity index (χ2n) is 16.2. The van der Waals surface area contributed by atoms with Crippen LogP contribution in [0, 0.1) is 0 Å². The third kappa shape index (κ3) is 16.2. The summed E-state index contributed by atoms with van der Waals surface area (Å²) in [5.41, 5.74) is 30.7. The molecule has 0 aromatic heterocycles. The van der Waals surface area contributed by atoms with Crippen LogP contribution in [0.25, 0.3) is 0 Å².